The van der Waals surface area contributed by atoms with Gasteiger partial charge in [0.2, 0.25) is 0 Å². The number of benzene rings is 7. The molecule has 0 heterocycles. The van der Waals surface area contributed by atoms with Gasteiger partial charge in [0.25, 0.3) is 0 Å². The third-order valence-electron chi connectivity index (χ3n) is 8.69. The molecule has 54 heavy (non-hydrogen) atoms. The molecule has 2 N–H and O–H groups in total. The fourth-order valence-electron chi connectivity index (χ4n) is 5.72. The Morgan fingerprint density at radius 2 is 0.722 bits per heavy atom. The largest absolute Gasteiger partial charge is 0.496 e. The number of nitrogens with two attached hydrogens (primary N) is 1. The molecule has 0 saturated heterocycles. The summed E-state index contributed by atoms with van der Waals surface area (Å²) in [6.45, 7) is 2.08. The van der Waals surface area contributed by atoms with Crippen LogP contribution in [0.2, 0.25) is 0 Å². The Morgan fingerprint density at radius 1 is 0.407 bits per heavy atom. The lowest BCUT2D eigenvalue weighted by molar-refractivity contribution is 0.401. The summed E-state index contributed by atoms with van der Waals surface area (Å²) in [4.78, 5) is 0. The molecular weight excluding hydrogens is 659 g/mol. The highest BCUT2D eigenvalue weighted by atomic mass is 16.5. The summed E-state index contributed by atoms with van der Waals surface area (Å²) in [5.74, 6) is 1.58. The van der Waals surface area contributed by atoms with Gasteiger partial charge in [0.15, 0.2) is 0 Å². The van der Waals surface area contributed by atoms with E-state index in [4.69, 9.17) is 15.2 Å². The van der Waals surface area contributed by atoms with Gasteiger partial charge in [0, 0.05) is 16.8 Å². The number of ether oxygens (including phenoxy) is 2. The zero-order valence-electron chi connectivity index (χ0n) is 31.4. The molecule has 270 valence electrons. The van der Waals surface area contributed by atoms with Crippen LogP contribution in [0.25, 0.3) is 24.3 Å². The van der Waals surface area contributed by atoms with Crippen LogP contribution in [0.5, 0.6) is 11.5 Å². The van der Waals surface area contributed by atoms with Gasteiger partial charge in [0.05, 0.1) is 14.2 Å². The van der Waals surface area contributed by atoms with Crippen LogP contribution >= 0.6 is 0 Å². The molecule has 0 unspecified atom stereocenters. The third-order valence-corrected chi connectivity index (χ3v) is 8.69. The fourth-order valence-corrected chi connectivity index (χ4v) is 5.72. The number of hydrogen-bond donors (Lipinski definition) is 1. The summed E-state index contributed by atoms with van der Waals surface area (Å²) in [5.41, 5.74) is 17.3. The molecule has 0 aromatic heterocycles. The van der Waals surface area contributed by atoms with Crippen molar-refractivity contribution in [1.82, 2.24) is 0 Å². The van der Waals surface area contributed by atoms with Crippen molar-refractivity contribution >= 4 is 30.0 Å². The SMILES string of the molecule is COc1cc(/C=C/c2ccc(N)cc2)c(OC)cc1/C=C/c1ccc(C)cc1.c1ccc(Cc2ccccc2)cc1.c1ccc(Cc2ccccc2)cc1. The van der Waals surface area contributed by atoms with Crippen LogP contribution in [0, 0.1) is 6.92 Å². The summed E-state index contributed by atoms with van der Waals surface area (Å²) in [5, 5.41) is 0. The first-order chi connectivity index (χ1) is 26.5. The average molecular weight is 708 g/mol. The van der Waals surface area contributed by atoms with E-state index in [1.807, 2.05) is 54.6 Å². The Kier molecular flexibility index (Phi) is 15.1. The van der Waals surface area contributed by atoms with Crippen LogP contribution in [0.15, 0.2) is 182 Å². The van der Waals surface area contributed by atoms with E-state index in [1.54, 1.807) is 14.2 Å². The van der Waals surface area contributed by atoms with Crippen molar-refractivity contribution in [3.8, 4) is 11.5 Å². The van der Waals surface area contributed by atoms with E-state index in [1.165, 1.54) is 27.8 Å². The van der Waals surface area contributed by atoms with Crippen molar-refractivity contribution in [3.05, 3.63) is 232 Å². The maximum absolute atomic E-state index is 5.74. The molecule has 3 nitrogen and oxygen atoms in total. The maximum atomic E-state index is 5.74. The number of hydrogen-bond acceptors (Lipinski definition) is 3. The molecule has 0 aliphatic carbocycles. The van der Waals surface area contributed by atoms with E-state index in [9.17, 15) is 0 Å². The predicted octanol–water partition coefficient (Wildman–Crippen LogP) is 12.5. The first-order valence-corrected chi connectivity index (χ1v) is 18.2. The molecule has 0 fully saturated rings. The fraction of sp³-hybridized carbons (Fsp3) is 0.0980. The summed E-state index contributed by atoms with van der Waals surface area (Å²) < 4.78 is 11.2. The van der Waals surface area contributed by atoms with Crippen LogP contribution in [-0.2, 0) is 12.8 Å². The Morgan fingerprint density at radius 3 is 1.04 bits per heavy atom. The summed E-state index contributed by atoms with van der Waals surface area (Å²) in [6, 6.07) is 62.2. The van der Waals surface area contributed by atoms with Crippen LogP contribution in [-0.4, -0.2) is 14.2 Å². The highest BCUT2D eigenvalue weighted by Crippen LogP contribution is 2.32. The van der Waals surface area contributed by atoms with Gasteiger partial charge in [-0.3, -0.25) is 0 Å². The molecule has 7 aromatic carbocycles. The third kappa shape index (κ3) is 12.9. The van der Waals surface area contributed by atoms with E-state index in [0.717, 1.165) is 52.3 Å². The minimum Gasteiger partial charge on any atom is -0.496 e. The van der Waals surface area contributed by atoms with E-state index in [2.05, 4.69) is 159 Å². The monoisotopic (exact) mass is 707 g/mol. The number of aryl methyl sites for hydroxylation is 1. The molecular formula is C51H49NO2. The zero-order chi connectivity index (χ0) is 37.8. The number of nitrogen functional groups attached to an aromatic ring is 1. The zero-order valence-corrected chi connectivity index (χ0v) is 31.4. The molecule has 0 saturated carbocycles. The lowest BCUT2D eigenvalue weighted by Gasteiger charge is -2.11. The maximum Gasteiger partial charge on any atom is 0.126 e. The first-order valence-electron chi connectivity index (χ1n) is 18.2. The van der Waals surface area contributed by atoms with Crippen LogP contribution in [0.4, 0.5) is 5.69 Å². The van der Waals surface area contributed by atoms with Crippen LogP contribution in [0.3, 0.4) is 0 Å². The van der Waals surface area contributed by atoms with Gasteiger partial charge in [-0.25, -0.2) is 0 Å². The van der Waals surface area contributed by atoms with Crippen molar-refractivity contribution in [3.63, 3.8) is 0 Å². The molecule has 0 radical (unpaired) electrons. The van der Waals surface area contributed by atoms with Crippen molar-refractivity contribution in [2.75, 3.05) is 20.0 Å². The lowest BCUT2D eigenvalue weighted by atomic mass is 10.0. The standard InChI is InChI=1S/C25H25NO2.2C13H12/c1-18-4-6-19(7-5-18)8-12-21-16-25(28-3)22(17-24(21)27-2)13-9-20-10-14-23(26)15-11-20;2*1-3-7-12(8-4-1)11-13-9-5-2-6-10-13/h4-17H,26H2,1-3H3;2*1-10H,11H2/b12-8+,13-9+;;. The minimum atomic E-state index is 0.751. The summed E-state index contributed by atoms with van der Waals surface area (Å²) in [6.07, 6.45) is 10.2. The second-order valence-corrected chi connectivity index (χ2v) is 12.9. The molecule has 7 aromatic rings. The van der Waals surface area contributed by atoms with E-state index >= 15 is 0 Å². The normalized spacial score (nSPS) is 10.6. The molecule has 0 atom stereocenters. The van der Waals surface area contributed by atoms with Crippen molar-refractivity contribution in [1.29, 1.82) is 0 Å². The second-order valence-electron chi connectivity index (χ2n) is 12.9. The Hall–Kier alpha value is -6.58. The van der Waals surface area contributed by atoms with Gasteiger partial charge in [-0.1, -0.05) is 188 Å². The molecule has 7 rings (SSSR count). The van der Waals surface area contributed by atoms with E-state index in [-0.39, 0.29) is 0 Å². The molecule has 3 heteroatoms. The Labute approximate surface area is 321 Å². The Bertz CT molecular complexity index is 1920. The van der Waals surface area contributed by atoms with E-state index < -0.39 is 0 Å². The number of rotatable bonds is 10. The first kappa shape index (κ1) is 38.6. The highest BCUT2D eigenvalue weighted by Gasteiger charge is 2.08. The van der Waals surface area contributed by atoms with Gasteiger partial charge < -0.3 is 15.2 Å². The highest BCUT2D eigenvalue weighted by molar-refractivity contribution is 5.79. The van der Waals surface area contributed by atoms with Crippen molar-refractivity contribution in [2.24, 2.45) is 0 Å². The van der Waals surface area contributed by atoms with Gasteiger partial charge in [-0.15, -0.1) is 0 Å². The molecule has 0 aliphatic heterocycles. The smallest absolute Gasteiger partial charge is 0.126 e. The summed E-state index contributed by atoms with van der Waals surface area (Å²) >= 11 is 0. The van der Waals surface area contributed by atoms with Gasteiger partial charge >= 0.3 is 0 Å². The van der Waals surface area contributed by atoms with Crippen LogP contribution in [0.1, 0.15) is 50.1 Å². The number of anilines is 1. The second kappa shape index (κ2) is 21.1. The lowest BCUT2D eigenvalue weighted by Crippen LogP contribution is -1.93. The molecule has 0 aliphatic rings. The summed E-state index contributed by atoms with van der Waals surface area (Å²) in [7, 11) is 3.36. The van der Waals surface area contributed by atoms with Crippen molar-refractivity contribution < 1.29 is 9.47 Å². The van der Waals surface area contributed by atoms with Crippen LogP contribution < -0.4 is 15.2 Å². The Balaban J connectivity index is 0.000000178. The molecule has 0 bridgehead atoms. The quantitative estimate of drug-likeness (QED) is 0.114. The van der Waals surface area contributed by atoms with Gasteiger partial charge in [-0.2, -0.15) is 0 Å². The van der Waals surface area contributed by atoms with Gasteiger partial charge in [0.1, 0.15) is 11.5 Å². The van der Waals surface area contributed by atoms with E-state index in [0.29, 0.717) is 0 Å². The molecule has 0 amide bonds. The number of methoxy groups -OCH3 is 2. The van der Waals surface area contributed by atoms with Crippen molar-refractivity contribution in [2.45, 2.75) is 19.8 Å². The minimum absolute atomic E-state index is 0.751. The molecule has 0 spiro atoms. The topological polar surface area (TPSA) is 44.5 Å². The average Bonchev–Trinajstić information content (AvgIpc) is 3.22. The van der Waals surface area contributed by atoms with Gasteiger partial charge in [-0.05, 0) is 77.4 Å². The predicted molar refractivity (Wildman–Crippen MR) is 231 cm³/mol.